The standard InChI is InChI=1S/C19H15N3O2S2/c23-26(24,19-10-5-13-25-19)22-16-8-3-1-6-14(16)11-12-18-15-7-2-4-9-17(15)20-21-18/h1-13,22H,(H,20,21)/b12-11+. The first-order valence-electron chi connectivity index (χ1n) is 7.90. The van der Waals surface area contributed by atoms with E-state index in [0.29, 0.717) is 5.69 Å². The monoisotopic (exact) mass is 381 g/mol. The average Bonchev–Trinajstić information content (AvgIpc) is 3.31. The van der Waals surface area contributed by atoms with Crippen molar-refractivity contribution in [3.8, 4) is 0 Å². The predicted molar refractivity (Wildman–Crippen MR) is 107 cm³/mol. The molecule has 0 aliphatic rings. The van der Waals surface area contributed by atoms with Crippen LogP contribution in [0.4, 0.5) is 5.69 Å². The van der Waals surface area contributed by atoms with Gasteiger partial charge in [0.15, 0.2) is 0 Å². The highest BCUT2D eigenvalue weighted by molar-refractivity contribution is 7.94. The van der Waals surface area contributed by atoms with Gasteiger partial charge < -0.3 is 0 Å². The number of aromatic amines is 1. The molecule has 2 heterocycles. The topological polar surface area (TPSA) is 74.8 Å². The van der Waals surface area contributed by atoms with E-state index in [1.807, 2.05) is 48.6 Å². The van der Waals surface area contributed by atoms with E-state index in [1.165, 1.54) is 11.3 Å². The molecule has 4 aromatic rings. The van der Waals surface area contributed by atoms with Crippen LogP contribution in [0.3, 0.4) is 0 Å². The van der Waals surface area contributed by atoms with E-state index in [0.717, 1.165) is 22.2 Å². The maximum atomic E-state index is 12.5. The highest BCUT2D eigenvalue weighted by Gasteiger charge is 2.16. The number of hydrogen-bond donors (Lipinski definition) is 2. The Morgan fingerprint density at radius 1 is 0.962 bits per heavy atom. The third-order valence-electron chi connectivity index (χ3n) is 3.89. The summed E-state index contributed by atoms with van der Waals surface area (Å²) < 4.78 is 27.9. The lowest BCUT2D eigenvalue weighted by atomic mass is 10.1. The van der Waals surface area contributed by atoms with E-state index in [9.17, 15) is 8.42 Å². The Hall–Kier alpha value is -2.90. The van der Waals surface area contributed by atoms with Crippen LogP contribution in [0.1, 0.15) is 11.3 Å². The summed E-state index contributed by atoms with van der Waals surface area (Å²) in [7, 11) is -3.59. The highest BCUT2D eigenvalue weighted by Crippen LogP contribution is 2.25. The molecule has 0 aliphatic carbocycles. The van der Waals surface area contributed by atoms with Crippen molar-refractivity contribution in [3.05, 3.63) is 77.3 Å². The van der Waals surface area contributed by atoms with E-state index in [4.69, 9.17) is 0 Å². The van der Waals surface area contributed by atoms with Crippen molar-refractivity contribution in [1.29, 1.82) is 0 Å². The Morgan fingerprint density at radius 2 is 1.77 bits per heavy atom. The van der Waals surface area contributed by atoms with Gasteiger partial charge in [0.05, 0.1) is 16.9 Å². The minimum Gasteiger partial charge on any atom is -0.278 e. The minimum atomic E-state index is -3.59. The molecule has 4 rings (SSSR count). The summed E-state index contributed by atoms with van der Waals surface area (Å²) in [5, 5.41) is 10.0. The van der Waals surface area contributed by atoms with Gasteiger partial charge in [0.25, 0.3) is 10.0 Å². The summed E-state index contributed by atoms with van der Waals surface area (Å²) in [5.41, 5.74) is 3.05. The molecule has 26 heavy (non-hydrogen) atoms. The van der Waals surface area contributed by atoms with Crippen LogP contribution in [-0.2, 0) is 10.0 Å². The normalized spacial score (nSPS) is 12.0. The van der Waals surface area contributed by atoms with Crippen molar-refractivity contribution in [3.63, 3.8) is 0 Å². The second kappa shape index (κ2) is 6.78. The van der Waals surface area contributed by atoms with Crippen molar-refractivity contribution in [2.75, 3.05) is 4.72 Å². The smallest absolute Gasteiger partial charge is 0.271 e. The maximum Gasteiger partial charge on any atom is 0.271 e. The van der Waals surface area contributed by atoms with E-state index < -0.39 is 10.0 Å². The lowest BCUT2D eigenvalue weighted by Gasteiger charge is -2.09. The number of para-hydroxylation sites is 2. The van der Waals surface area contributed by atoms with Crippen LogP contribution in [0.25, 0.3) is 23.1 Å². The van der Waals surface area contributed by atoms with Crippen LogP contribution < -0.4 is 4.72 Å². The summed E-state index contributed by atoms with van der Waals surface area (Å²) in [6.45, 7) is 0. The van der Waals surface area contributed by atoms with Gasteiger partial charge in [-0.25, -0.2) is 8.42 Å². The Morgan fingerprint density at radius 3 is 2.62 bits per heavy atom. The molecule has 130 valence electrons. The number of anilines is 1. The molecule has 2 N–H and O–H groups in total. The van der Waals surface area contributed by atoms with Gasteiger partial charge in [0.2, 0.25) is 0 Å². The molecule has 0 saturated heterocycles. The summed E-state index contributed by atoms with van der Waals surface area (Å²) in [5.74, 6) is 0. The summed E-state index contributed by atoms with van der Waals surface area (Å²) >= 11 is 1.19. The Balaban J connectivity index is 1.66. The van der Waals surface area contributed by atoms with Crippen LogP contribution >= 0.6 is 11.3 Å². The van der Waals surface area contributed by atoms with Gasteiger partial charge in [-0.05, 0) is 35.2 Å². The zero-order valence-electron chi connectivity index (χ0n) is 13.6. The molecule has 7 heteroatoms. The van der Waals surface area contributed by atoms with Gasteiger partial charge in [-0.1, -0.05) is 48.5 Å². The summed E-state index contributed by atoms with van der Waals surface area (Å²) in [6.07, 6.45) is 3.73. The lowest BCUT2D eigenvalue weighted by molar-refractivity contribution is 0.603. The predicted octanol–water partition coefficient (Wildman–Crippen LogP) is 4.60. The summed E-state index contributed by atoms with van der Waals surface area (Å²) in [6, 6.07) is 18.4. The number of benzene rings is 2. The molecule has 0 unspecified atom stereocenters. The number of thiophene rings is 1. The van der Waals surface area contributed by atoms with Gasteiger partial charge in [-0.15, -0.1) is 11.3 Å². The number of rotatable bonds is 5. The van der Waals surface area contributed by atoms with Crippen molar-refractivity contribution >= 4 is 50.1 Å². The second-order valence-corrected chi connectivity index (χ2v) is 8.47. The Labute approximate surface area is 155 Å². The molecule has 0 aliphatic heterocycles. The largest absolute Gasteiger partial charge is 0.278 e. The molecule has 5 nitrogen and oxygen atoms in total. The van der Waals surface area contributed by atoms with E-state index >= 15 is 0 Å². The molecule has 0 atom stereocenters. The third-order valence-corrected chi connectivity index (χ3v) is 6.65. The van der Waals surface area contributed by atoms with Gasteiger partial charge in [-0.3, -0.25) is 9.82 Å². The molecule has 0 saturated carbocycles. The molecule has 0 bridgehead atoms. The fraction of sp³-hybridized carbons (Fsp3) is 0. The Bertz CT molecular complexity index is 1180. The zero-order chi connectivity index (χ0) is 18.0. The van der Waals surface area contributed by atoms with Gasteiger partial charge in [0.1, 0.15) is 4.21 Å². The first-order chi connectivity index (χ1) is 12.6. The molecule has 2 aromatic heterocycles. The fourth-order valence-electron chi connectivity index (χ4n) is 2.63. The molecular formula is C19H15N3O2S2. The molecule has 0 amide bonds. The molecule has 0 spiro atoms. The van der Waals surface area contributed by atoms with Gasteiger partial charge >= 0.3 is 0 Å². The fourth-order valence-corrected chi connectivity index (χ4v) is 4.71. The van der Waals surface area contributed by atoms with Crippen LogP contribution in [0, 0.1) is 0 Å². The second-order valence-electron chi connectivity index (χ2n) is 5.61. The molecular weight excluding hydrogens is 366 g/mol. The maximum absolute atomic E-state index is 12.5. The first-order valence-corrected chi connectivity index (χ1v) is 10.3. The quantitative estimate of drug-likeness (QED) is 0.531. The van der Waals surface area contributed by atoms with Gasteiger partial charge in [-0.2, -0.15) is 5.10 Å². The molecule has 0 radical (unpaired) electrons. The zero-order valence-corrected chi connectivity index (χ0v) is 15.2. The van der Waals surface area contributed by atoms with Crippen LogP contribution in [0.5, 0.6) is 0 Å². The number of aromatic nitrogens is 2. The third kappa shape index (κ3) is 3.26. The molecule has 0 fully saturated rings. The number of hydrogen-bond acceptors (Lipinski definition) is 4. The number of sulfonamides is 1. The average molecular weight is 381 g/mol. The van der Waals surface area contributed by atoms with Crippen LogP contribution in [-0.4, -0.2) is 18.6 Å². The molecule has 2 aromatic carbocycles. The number of H-pyrrole nitrogens is 1. The van der Waals surface area contributed by atoms with Crippen molar-refractivity contribution in [2.45, 2.75) is 4.21 Å². The minimum absolute atomic E-state index is 0.287. The van der Waals surface area contributed by atoms with Crippen LogP contribution in [0.15, 0.2) is 70.3 Å². The van der Waals surface area contributed by atoms with E-state index in [1.54, 1.807) is 29.6 Å². The van der Waals surface area contributed by atoms with Gasteiger partial charge in [0, 0.05) is 5.39 Å². The number of fused-ring (bicyclic) bond motifs is 1. The number of nitrogens with one attached hydrogen (secondary N) is 2. The number of nitrogens with zero attached hydrogens (tertiary/aromatic N) is 1. The van der Waals surface area contributed by atoms with Crippen molar-refractivity contribution < 1.29 is 8.42 Å². The van der Waals surface area contributed by atoms with E-state index in [2.05, 4.69) is 14.9 Å². The SMILES string of the molecule is O=S(=O)(Nc1ccccc1/C=C/c1n[nH]c2ccccc12)c1cccs1. The first kappa shape index (κ1) is 16.6. The van der Waals surface area contributed by atoms with Crippen molar-refractivity contribution in [2.24, 2.45) is 0 Å². The van der Waals surface area contributed by atoms with Crippen LogP contribution in [0.2, 0.25) is 0 Å². The summed E-state index contributed by atoms with van der Waals surface area (Å²) in [4.78, 5) is 0. The highest BCUT2D eigenvalue weighted by atomic mass is 32.2. The van der Waals surface area contributed by atoms with E-state index in [-0.39, 0.29) is 4.21 Å². The Kier molecular flexibility index (Phi) is 4.32. The lowest BCUT2D eigenvalue weighted by Crippen LogP contribution is -2.12. The van der Waals surface area contributed by atoms with Crippen molar-refractivity contribution in [1.82, 2.24) is 10.2 Å².